The lowest BCUT2D eigenvalue weighted by molar-refractivity contribution is -0.134. The van der Waals surface area contributed by atoms with Gasteiger partial charge in [-0.3, -0.25) is 9.78 Å². The van der Waals surface area contributed by atoms with Gasteiger partial charge >= 0.3 is 0 Å². The SMILES string of the molecule is O=C(COc1ccccc1)N1CCC[C@H](c2cccc(Cc3cccc(F)c3)n2)C1. The molecule has 1 aliphatic rings. The molecule has 0 N–H and O–H groups in total. The van der Waals surface area contributed by atoms with Gasteiger partial charge in [0.2, 0.25) is 0 Å². The van der Waals surface area contributed by atoms with Gasteiger partial charge < -0.3 is 9.64 Å². The van der Waals surface area contributed by atoms with Crippen LogP contribution in [0.25, 0.3) is 0 Å². The van der Waals surface area contributed by atoms with Crippen molar-refractivity contribution >= 4 is 5.91 Å². The van der Waals surface area contributed by atoms with Crippen LogP contribution in [-0.4, -0.2) is 35.5 Å². The maximum atomic E-state index is 13.5. The Morgan fingerprint density at radius 3 is 2.73 bits per heavy atom. The van der Waals surface area contributed by atoms with Crippen LogP contribution in [0.5, 0.6) is 5.75 Å². The highest BCUT2D eigenvalue weighted by Gasteiger charge is 2.26. The first-order valence-electron chi connectivity index (χ1n) is 10.3. The Morgan fingerprint density at radius 1 is 1.07 bits per heavy atom. The van der Waals surface area contributed by atoms with Crippen LogP contribution < -0.4 is 4.74 Å². The number of halogens is 1. The van der Waals surface area contributed by atoms with Gasteiger partial charge in [-0.15, -0.1) is 0 Å². The second-order valence-electron chi connectivity index (χ2n) is 7.64. The quantitative estimate of drug-likeness (QED) is 0.603. The zero-order valence-corrected chi connectivity index (χ0v) is 16.8. The summed E-state index contributed by atoms with van der Waals surface area (Å²) < 4.78 is 19.1. The molecule has 1 fully saturated rings. The van der Waals surface area contributed by atoms with E-state index in [0.29, 0.717) is 18.7 Å². The van der Waals surface area contributed by atoms with Crippen LogP contribution in [0.2, 0.25) is 0 Å². The summed E-state index contributed by atoms with van der Waals surface area (Å²) in [5, 5.41) is 0. The maximum Gasteiger partial charge on any atom is 0.260 e. The number of aromatic nitrogens is 1. The molecule has 1 amide bonds. The standard InChI is InChI=1S/C25H25FN2O2/c26-21-9-4-7-19(15-21)16-22-10-5-13-24(27-22)20-8-6-14-28(17-20)25(29)18-30-23-11-2-1-3-12-23/h1-5,7,9-13,15,20H,6,8,14,16-18H2/t20-/m0/s1. The normalized spacial score (nSPS) is 16.3. The first-order chi connectivity index (χ1) is 14.7. The molecule has 0 radical (unpaired) electrons. The van der Waals surface area contributed by atoms with E-state index in [1.807, 2.05) is 59.5 Å². The number of carbonyl (C=O) groups excluding carboxylic acids is 1. The molecule has 4 rings (SSSR count). The van der Waals surface area contributed by atoms with Crippen molar-refractivity contribution in [2.75, 3.05) is 19.7 Å². The number of amides is 1. The average molecular weight is 404 g/mol. The number of ether oxygens (including phenoxy) is 1. The third kappa shape index (κ3) is 5.23. The summed E-state index contributed by atoms with van der Waals surface area (Å²) in [4.78, 5) is 19.3. The Labute approximate surface area is 176 Å². The van der Waals surface area contributed by atoms with Crippen molar-refractivity contribution < 1.29 is 13.9 Å². The molecule has 3 aromatic rings. The van der Waals surface area contributed by atoms with Crippen LogP contribution in [0.3, 0.4) is 0 Å². The summed E-state index contributed by atoms with van der Waals surface area (Å²) in [5.41, 5.74) is 2.80. The van der Waals surface area contributed by atoms with Crippen molar-refractivity contribution in [3.63, 3.8) is 0 Å². The molecule has 154 valence electrons. The first-order valence-corrected chi connectivity index (χ1v) is 10.3. The van der Waals surface area contributed by atoms with Crippen LogP contribution in [0.15, 0.2) is 72.8 Å². The van der Waals surface area contributed by atoms with Crippen molar-refractivity contribution in [2.24, 2.45) is 0 Å². The molecule has 1 aliphatic heterocycles. The minimum atomic E-state index is -0.234. The van der Waals surface area contributed by atoms with E-state index in [1.54, 1.807) is 12.1 Å². The topological polar surface area (TPSA) is 42.4 Å². The molecule has 2 heterocycles. The van der Waals surface area contributed by atoms with Gasteiger partial charge in [0, 0.05) is 36.8 Å². The lowest BCUT2D eigenvalue weighted by Gasteiger charge is -2.32. The molecule has 30 heavy (non-hydrogen) atoms. The highest BCUT2D eigenvalue weighted by atomic mass is 19.1. The number of carbonyl (C=O) groups is 1. The molecule has 0 aliphatic carbocycles. The highest BCUT2D eigenvalue weighted by Crippen LogP contribution is 2.26. The number of hydrogen-bond acceptors (Lipinski definition) is 3. The second kappa shape index (κ2) is 9.53. The van der Waals surface area contributed by atoms with Crippen LogP contribution in [0.1, 0.15) is 35.7 Å². The molecular formula is C25H25FN2O2. The number of nitrogens with zero attached hydrogens (tertiary/aromatic N) is 2. The predicted octanol–water partition coefficient (Wildman–Crippen LogP) is 4.60. The van der Waals surface area contributed by atoms with Crippen LogP contribution >= 0.6 is 0 Å². The van der Waals surface area contributed by atoms with E-state index < -0.39 is 0 Å². The number of para-hydroxylation sites is 1. The number of likely N-dealkylation sites (tertiary alicyclic amines) is 1. The van der Waals surface area contributed by atoms with E-state index in [-0.39, 0.29) is 24.2 Å². The molecule has 0 unspecified atom stereocenters. The molecule has 0 spiro atoms. The summed E-state index contributed by atoms with van der Waals surface area (Å²) in [6, 6.07) is 22.0. The second-order valence-corrected chi connectivity index (χ2v) is 7.64. The van der Waals surface area contributed by atoms with Crippen molar-refractivity contribution in [2.45, 2.75) is 25.2 Å². The summed E-state index contributed by atoms with van der Waals surface area (Å²) in [6.45, 7) is 1.44. The Bertz CT molecular complexity index is 993. The number of pyridine rings is 1. The van der Waals surface area contributed by atoms with Gasteiger partial charge in [-0.2, -0.15) is 0 Å². The van der Waals surface area contributed by atoms with E-state index in [4.69, 9.17) is 9.72 Å². The fraction of sp³-hybridized carbons (Fsp3) is 0.280. The van der Waals surface area contributed by atoms with E-state index in [0.717, 1.165) is 36.3 Å². The van der Waals surface area contributed by atoms with Gasteiger partial charge in [-0.25, -0.2) is 4.39 Å². The fourth-order valence-corrected chi connectivity index (χ4v) is 3.88. The molecule has 0 bridgehead atoms. The Hall–Kier alpha value is -3.21. The third-order valence-electron chi connectivity index (χ3n) is 5.40. The zero-order valence-electron chi connectivity index (χ0n) is 16.8. The Morgan fingerprint density at radius 2 is 1.90 bits per heavy atom. The molecule has 5 heteroatoms. The summed E-state index contributed by atoms with van der Waals surface area (Å²) >= 11 is 0. The van der Waals surface area contributed by atoms with Gasteiger partial charge in [0.1, 0.15) is 11.6 Å². The molecule has 0 saturated carbocycles. The fourth-order valence-electron chi connectivity index (χ4n) is 3.88. The van der Waals surface area contributed by atoms with E-state index >= 15 is 0 Å². The van der Waals surface area contributed by atoms with Gasteiger partial charge in [-0.1, -0.05) is 36.4 Å². The Balaban J connectivity index is 1.38. The molecule has 4 nitrogen and oxygen atoms in total. The van der Waals surface area contributed by atoms with Crippen LogP contribution in [0.4, 0.5) is 4.39 Å². The highest BCUT2D eigenvalue weighted by molar-refractivity contribution is 5.78. The van der Waals surface area contributed by atoms with E-state index in [9.17, 15) is 9.18 Å². The van der Waals surface area contributed by atoms with Crippen LogP contribution in [0, 0.1) is 5.82 Å². The van der Waals surface area contributed by atoms with Crippen molar-refractivity contribution in [3.8, 4) is 5.75 Å². The minimum absolute atomic E-state index is 0.000492. The largest absolute Gasteiger partial charge is 0.484 e. The summed E-state index contributed by atoms with van der Waals surface area (Å²) in [6.07, 6.45) is 2.53. The molecule has 2 aromatic carbocycles. The van der Waals surface area contributed by atoms with Crippen molar-refractivity contribution in [1.82, 2.24) is 9.88 Å². The van der Waals surface area contributed by atoms with Crippen molar-refractivity contribution in [1.29, 1.82) is 0 Å². The van der Waals surface area contributed by atoms with Crippen molar-refractivity contribution in [3.05, 3.63) is 95.6 Å². The zero-order chi connectivity index (χ0) is 20.8. The molecule has 1 atom stereocenters. The molecule has 1 saturated heterocycles. The number of benzene rings is 2. The lowest BCUT2D eigenvalue weighted by Crippen LogP contribution is -2.41. The maximum absolute atomic E-state index is 13.5. The Kier molecular flexibility index (Phi) is 6.38. The lowest BCUT2D eigenvalue weighted by atomic mass is 9.94. The summed E-state index contributed by atoms with van der Waals surface area (Å²) in [5.74, 6) is 0.667. The minimum Gasteiger partial charge on any atom is -0.484 e. The van der Waals surface area contributed by atoms with E-state index in [2.05, 4.69) is 0 Å². The van der Waals surface area contributed by atoms with Gasteiger partial charge in [0.05, 0.1) is 0 Å². The van der Waals surface area contributed by atoms with Gasteiger partial charge in [0.15, 0.2) is 6.61 Å². The molecule has 1 aromatic heterocycles. The van der Waals surface area contributed by atoms with Gasteiger partial charge in [-0.05, 0) is 54.8 Å². The monoisotopic (exact) mass is 404 g/mol. The van der Waals surface area contributed by atoms with Crippen LogP contribution in [-0.2, 0) is 11.2 Å². The average Bonchev–Trinajstić information content (AvgIpc) is 2.78. The number of hydrogen-bond donors (Lipinski definition) is 0. The first kappa shape index (κ1) is 20.1. The number of piperidine rings is 1. The third-order valence-corrected chi connectivity index (χ3v) is 5.40. The van der Waals surface area contributed by atoms with E-state index in [1.165, 1.54) is 6.07 Å². The predicted molar refractivity (Wildman–Crippen MR) is 114 cm³/mol. The number of rotatable bonds is 6. The molecular weight excluding hydrogens is 379 g/mol. The smallest absolute Gasteiger partial charge is 0.260 e. The summed E-state index contributed by atoms with van der Waals surface area (Å²) in [7, 11) is 0. The van der Waals surface area contributed by atoms with Gasteiger partial charge in [0.25, 0.3) is 5.91 Å².